The molecule has 0 aromatic carbocycles. The van der Waals surface area contributed by atoms with Crippen LogP contribution in [0.2, 0.25) is 0 Å². The van der Waals surface area contributed by atoms with Gasteiger partial charge in [0.05, 0.1) is 0 Å². The van der Waals surface area contributed by atoms with Crippen molar-refractivity contribution >= 4 is 0 Å². The number of piperazine rings is 1. The first-order valence-electron chi connectivity index (χ1n) is 7.95. The van der Waals surface area contributed by atoms with E-state index in [0.717, 1.165) is 12.6 Å². The van der Waals surface area contributed by atoms with Crippen molar-refractivity contribution in [3.8, 4) is 0 Å². The Hall–Kier alpha value is -0.120. The molecule has 1 unspecified atom stereocenters. The van der Waals surface area contributed by atoms with Gasteiger partial charge in [-0.15, -0.1) is 0 Å². The molecule has 1 rings (SSSR count). The first-order valence-corrected chi connectivity index (χ1v) is 7.95. The van der Waals surface area contributed by atoms with Crippen LogP contribution in [0.3, 0.4) is 0 Å². The van der Waals surface area contributed by atoms with Gasteiger partial charge in [-0.25, -0.2) is 0 Å². The smallest absolute Gasteiger partial charge is 0.0113 e. The third kappa shape index (κ3) is 6.17. The van der Waals surface area contributed by atoms with Crippen molar-refractivity contribution in [1.82, 2.24) is 15.1 Å². The third-order valence-corrected chi connectivity index (χ3v) is 4.18. The SMILES string of the molecule is CCCCCNCCN1CCN(C(C)CC)CC1. The average molecular weight is 255 g/mol. The molecular weight excluding hydrogens is 222 g/mol. The summed E-state index contributed by atoms with van der Waals surface area (Å²) in [5.74, 6) is 0. The maximum atomic E-state index is 3.56. The molecule has 0 aromatic rings. The van der Waals surface area contributed by atoms with Gasteiger partial charge in [-0.2, -0.15) is 0 Å². The van der Waals surface area contributed by atoms with E-state index in [1.165, 1.54) is 65.0 Å². The Labute approximate surface area is 114 Å². The van der Waals surface area contributed by atoms with E-state index in [2.05, 4.69) is 35.9 Å². The number of hydrogen-bond donors (Lipinski definition) is 1. The highest BCUT2D eigenvalue weighted by atomic mass is 15.3. The first kappa shape index (κ1) is 15.9. The molecule has 1 aliphatic heterocycles. The van der Waals surface area contributed by atoms with Crippen molar-refractivity contribution in [1.29, 1.82) is 0 Å². The lowest BCUT2D eigenvalue weighted by Crippen LogP contribution is -2.50. The molecule has 0 aromatic heterocycles. The minimum Gasteiger partial charge on any atom is -0.315 e. The van der Waals surface area contributed by atoms with Crippen LogP contribution in [0.15, 0.2) is 0 Å². The summed E-state index contributed by atoms with van der Waals surface area (Å²) < 4.78 is 0. The number of nitrogens with zero attached hydrogens (tertiary/aromatic N) is 2. The largest absolute Gasteiger partial charge is 0.315 e. The predicted molar refractivity (Wildman–Crippen MR) is 80.2 cm³/mol. The summed E-state index contributed by atoms with van der Waals surface area (Å²) >= 11 is 0. The zero-order valence-electron chi connectivity index (χ0n) is 12.7. The summed E-state index contributed by atoms with van der Waals surface area (Å²) in [6, 6.07) is 0.763. The van der Waals surface area contributed by atoms with Crippen molar-refractivity contribution in [2.24, 2.45) is 0 Å². The van der Waals surface area contributed by atoms with Crippen LogP contribution in [-0.2, 0) is 0 Å². The molecule has 1 heterocycles. The molecule has 3 heteroatoms. The van der Waals surface area contributed by atoms with Crippen LogP contribution in [0.1, 0.15) is 46.5 Å². The Balaban J connectivity index is 1.98. The third-order valence-electron chi connectivity index (χ3n) is 4.18. The van der Waals surface area contributed by atoms with Gasteiger partial charge in [0.2, 0.25) is 0 Å². The molecule has 0 bridgehead atoms. The Morgan fingerprint density at radius 2 is 1.72 bits per heavy atom. The summed E-state index contributed by atoms with van der Waals surface area (Å²) in [5.41, 5.74) is 0. The molecule has 1 N–H and O–H groups in total. The highest BCUT2D eigenvalue weighted by molar-refractivity contribution is 4.75. The fraction of sp³-hybridized carbons (Fsp3) is 1.00. The number of hydrogen-bond acceptors (Lipinski definition) is 3. The first-order chi connectivity index (χ1) is 8.77. The van der Waals surface area contributed by atoms with E-state index in [4.69, 9.17) is 0 Å². The van der Waals surface area contributed by atoms with Crippen LogP contribution >= 0.6 is 0 Å². The zero-order valence-corrected chi connectivity index (χ0v) is 12.7. The Kier molecular flexibility index (Phi) is 8.64. The van der Waals surface area contributed by atoms with Gasteiger partial charge in [0.25, 0.3) is 0 Å². The summed E-state index contributed by atoms with van der Waals surface area (Å²) in [6.45, 7) is 15.5. The Bertz CT molecular complexity index is 188. The molecule has 1 saturated heterocycles. The molecule has 3 nitrogen and oxygen atoms in total. The molecule has 1 fully saturated rings. The maximum absolute atomic E-state index is 3.56. The van der Waals surface area contributed by atoms with E-state index in [0.29, 0.717) is 0 Å². The van der Waals surface area contributed by atoms with Crippen LogP contribution in [0.4, 0.5) is 0 Å². The van der Waals surface area contributed by atoms with Crippen LogP contribution in [0.5, 0.6) is 0 Å². The lowest BCUT2D eigenvalue weighted by Gasteiger charge is -2.37. The molecule has 1 atom stereocenters. The van der Waals surface area contributed by atoms with E-state index in [1.54, 1.807) is 0 Å². The normalized spacial score (nSPS) is 20.2. The topological polar surface area (TPSA) is 18.5 Å². The van der Waals surface area contributed by atoms with Gasteiger partial charge in [0.15, 0.2) is 0 Å². The minimum absolute atomic E-state index is 0.763. The quantitative estimate of drug-likeness (QED) is 0.637. The Morgan fingerprint density at radius 3 is 2.33 bits per heavy atom. The van der Waals surface area contributed by atoms with E-state index in [1.807, 2.05) is 0 Å². The van der Waals surface area contributed by atoms with Crippen LogP contribution in [0.25, 0.3) is 0 Å². The van der Waals surface area contributed by atoms with Gasteiger partial charge in [0, 0.05) is 45.3 Å². The van der Waals surface area contributed by atoms with Gasteiger partial charge in [-0.05, 0) is 26.3 Å². The molecule has 18 heavy (non-hydrogen) atoms. The number of rotatable bonds is 9. The lowest BCUT2D eigenvalue weighted by molar-refractivity contribution is 0.101. The van der Waals surface area contributed by atoms with Crippen molar-refractivity contribution in [2.75, 3.05) is 45.8 Å². The fourth-order valence-electron chi connectivity index (χ4n) is 2.55. The van der Waals surface area contributed by atoms with Crippen molar-refractivity contribution < 1.29 is 0 Å². The van der Waals surface area contributed by atoms with Crippen molar-refractivity contribution in [3.05, 3.63) is 0 Å². The predicted octanol–water partition coefficient (Wildman–Crippen LogP) is 2.18. The molecule has 0 amide bonds. The summed E-state index contributed by atoms with van der Waals surface area (Å²) in [5, 5.41) is 3.56. The van der Waals surface area contributed by atoms with E-state index in [9.17, 15) is 0 Å². The van der Waals surface area contributed by atoms with Crippen LogP contribution in [0, 0.1) is 0 Å². The van der Waals surface area contributed by atoms with E-state index >= 15 is 0 Å². The fourth-order valence-corrected chi connectivity index (χ4v) is 2.55. The monoisotopic (exact) mass is 255 g/mol. The minimum atomic E-state index is 0.763. The number of nitrogens with one attached hydrogen (secondary N) is 1. The molecule has 0 radical (unpaired) electrons. The van der Waals surface area contributed by atoms with E-state index < -0.39 is 0 Å². The van der Waals surface area contributed by atoms with E-state index in [-0.39, 0.29) is 0 Å². The summed E-state index contributed by atoms with van der Waals surface area (Å²) in [4.78, 5) is 5.23. The van der Waals surface area contributed by atoms with Crippen molar-refractivity contribution in [3.63, 3.8) is 0 Å². The molecule has 0 spiro atoms. The van der Waals surface area contributed by atoms with Gasteiger partial charge in [-0.3, -0.25) is 9.80 Å². The Morgan fingerprint density at radius 1 is 1.00 bits per heavy atom. The lowest BCUT2D eigenvalue weighted by atomic mass is 10.2. The molecule has 1 aliphatic rings. The second kappa shape index (κ2) is 9.76. The standard InChI is InChI=1S/C15H33N3/c1-4-6-7-8-16-9-10-17-11-13-18(14-12-17)15(3)5-2/h15-16H,4-14H2,1-3H3. The second-order valence-electron chi connectivity index (χ2n) is 5.59. The number of unbranched alkanes of at least 4 members (excludes halogenated alkanes) is 2. The molecular formula is C15H33N3. The van der Waals surface area contributed by atoms with Gasteiger partial charge in [0.1, 0.15) is 0 Å². The van der Waals surface area contributed by atoms with Gasteiger partial charge < -0.3 is 5.32 Å². The average Bonchev–Trinajstić information content (AvgIpc) is 2.42. The van der Waals surface area contributed by atoms with Gasteiger partial charge in [-0.1, -0.05) is 26.7 Å². The highest BCUT2D eigenvalue weighted by Gasteiger charge is 2.19. The summed E-state index contributed by atoms with van der Waals surface area (Å²) in [7, 11) is 0. The summed E-state index contributed by atoms with van der Waals surface area (Å²) in [6.07, 6.45) is 5.29. The zero-order chi connectivity index (χ0) is 13.2. The molecule has 108 valence electrons. The second-order valence-corrected chi connectivity index (χ2v) is 5.59. The van der Waals surface area contributed by atoms with Gasteiger partial charge >= 0.3 is 0 Å². The highest BCUT2D eigenvalue weighted by Crippen LogP contribution is 2.08. The molecule has 0 aliphatic carbocycles. The molecule has 0 saturated carbocycles. The van der Waals surface area contributed by atoms with Crippen LogP contribution < -0.4 is 5.32 Å². The van der Waals surface area contributed by atoms with Crippen molar-refractivity contribution in [2.45, 2.75) is 52.5 Å². The maximum Gasteiger partial charge on any atom is 0.0113 e. The van der Waals surface area contributed by atoms with Crippen LogP contribution in [-0.4, -0.2) is 61.7 Å².